The molecule has 2 aliphatic rings. The summed E-state index contributed by atoms with van der Waals surface area (Å²) in [4.78, 5) is 30.3. The summed E-state index contributed by atoms with van der Waals surface area (Å²) in [6, 6.07) is -0.873. The average Bonchev–Trinajstić information content (AvgIpc) is 2.99. The second kappa shape index (κ2) is 4.97. The molecule has 0 saturated carbocycles. The highest BCUT2D eigenvalue weighted by molar-refractivity contribution is 7.09. The standard InChI is InChI=1S/C12H12F3N3O2S/c13-12(14,15)8-6-21-9(16-8)5-18-10(19)7-3-1-2-4-17(7)11(18)20/h6-7H,1-5H2. The highest BCUT2D eigenvalue weighted by atomic mass is 32.1. The van der Waals surface area contributed by atoms with Gasteiger partial charge in [0.2, 0.25) is 0 Å². The van der Waals surface area contributed by atoms with Crippen molar-refractivity contribution in [3.63, 3.8) is 0 Å². The quantitative estimate of drug-likeness (QED) is 0.787. The van der Waals surface area contributed by atoms with Crippen LogP contribution in [0, 0.1) is 0 Å². The van der Waals surface area contributed by atoms with E-state index < -0.39 is 23.9 Å². The van der Waals surface area contributed by atoms with Gasteiger partial charge in [0.25, 0.3) is 5.91 Å². The summed E-state index contributed by atoms with van der Waals surface area (Å²) >= 11 is 0.805. The van der Waals surface area contributed by atoms with Crippen molar-refractivity contribution in [2.45, 2.75) is 38.0 Å². The van der Waals surface area contributed by atoms with Crippen molar-refractivity contribution in [2.24, 2.45) is 0 Å². The molecular formula is C12H12F3N3O2S. The zero-order valence-corrected chi connectivity index (χ0v) is 11.7. The molecule has 3 amide bonds. The summed E-state index contributed by atoms with van der Waals surface area (Å²) in [7, 11) is 0. The van der Waals surface area contributed by atoms with Crippen LogP contribution in [-0.2, 0) is 17.5 Å². The topological polar surface area (TPSA) is 53.5 Å². The third kappa shape index (κ3) is 2.50. The Labute approximate surface area is 122 Å². The smallest absolute Gasteiger partial charge is 0.312 e. The minimum Gasteiger partial charge on any atom is -0.312 e. The first-order valence-corrected chi connectivity index (χ1v) is 7.39. The summed E-state index contributed by atoms with van der Waals surface area (Å²) in [5.74, 6) is -0.330. The van der Waals surface area contributed by atoms with E-state index in [-0.39, 0.29) is 17.5 Å². The van der Waals surface area contributed by atoms with Gasteiger partial charge in [-0.25, -0.2) is 9.78 Å². The van der Waals surface area contributed by atoms with Crippen molar-refractivity contribution in [2.75, 3.05) is 6.54 Å². The molecule has 0 radical (unpaired) electrons. The number of thiazole rings is 1. The zero-order chi connectivity index (χ0) is 15.2. The SMILES string of the molecule is O=C1C2CCCCN2C(=O)N1Cc1nc(C(F)(F)F)cs1. The van der Waals surface area contributed by atoms with Crippen LogP contribution >= 0.6 is 11.3 Å². The molecule has 2 fully saturated rings. The number of rotatable bonds is 2. The van der Waals surface area contributed by atoms with Gasteiger partial charge in [0.05, 0.1) is 6.54 Å². The van der Waals surface area contributed by atoms with Crippen LogP contribution in [-0.4, -0.2) is 39.3 Å². The number of carbonyl (C=O) groups excluding carboxylic acids is 2. The van der Waals surface area contributed by atoms with Crippen molar-refractivity contribution in [1.29, 1.82) is 0 Å². The summed E-state index contributed by atoms with van der Waals surface area (Å²) in [6.07, 6.45) is -2.17. The Hall–Kier alpha value is -1.64. The molecule has 2 aliphatic heterocycles. The van der Waals surface area contributed by atoms with Gasteiger partial charge in [-0.05, 0) is 19.3 Å². The van der Waals surface area contributed by atoms with Crippen LogP contribution in [0.4, 0.5) is 18.0 Å². The summed E-state index contributed by atoms with van der Waals surface area (Å²) in [5.41, 5.74) is -0.987. The molecular weight excluding hydrogens is 307 g/mol. The van der Waals surface area contributed by atoms with Gasteiger partial charge in [0, 0.05) is 11.9 Å². The third-order valence-electron chi connectivity index (χ3n) is 3.67. The molecule has 0 spiro atoms. The van der Waals surface area contributed by atoms with E-state index in [0.717, 1.165) is 34.5 Å². The lowest BCUT2D eigenvalue weighted by atomic mass is 10.0. The van der Waals surface area contributed by atoms with Gasteiger partial charge in [-0.15, -0.1) is 11.3 Å². The number of alkyl halides is 3. The monoisotopic (exact) mass is 319 g/mol. The predicted molar refractivity (Wildman–Crippen MR) is 67.4 cm³/mol. The van der Waals surface area contributed by atoms with E-state index in [1.165, 1.54) is 4.90 Å². The van der Waals surface area contributed by atoms with E-state index in [1.54, 1.807) is 0 Å². The summed E-state index contributed by atoms with van der Waals surface area (Å²) in [6.45, 7) is 0.336. The maximum atomic E-state index is 12.5. The molecule has 9 heteroatoms. The molecule has 0 aliphatic carbocycles. The normalized spacial score (nSPS) is 22.9. The first-order valence-electron chi connectivity index (χ1n) is 6.51. The van der Waals surface area contributed by atoms with Crippen molar-refractivity contribution in [3.05, 3.63) is 16.1 Å². The molecule has 2 saturated heterocycles. The van der Waals surface area contributed by atoms with Gasteiger partial charge >= 0.3 is 12.2 Å². The number of hydrogen-bond acceptors (Lipinski definition) is 4. The number of piperidine rings is 1. The highest BCUT2D eigenvalue weighted by Gasteiger charge is 2.46. The Balaban J connectivity index is 1.77. The first kappa shape index (κ1) is 14.3. The fourth-order valence-corrected chi connectivity index (χ4v) is 3.43. The van der Waals surface area contributed by atoms with Crippen LogP contribution in [0.1, 0.15) is 30.0 Å². The highest BCUT2D eigenvalue weighted by Crippen LogP contribution is 2.32. The summed E-state index contributed by atoms with van der Waals surface area (Å²) < 4.78 is 37.5. The van der Waals surface area contributed by atoms with Crippen LogP contribution in [0.15, 0.2) is 5.38 Å². The second-order valence-corrected chi connectivity index (χ2v) is 5.98. The lowest BCUT2D eigenvalue weighted by Gasteiger charge is -2.25. The Bertz CT molecular complexity index is 563. The lowest BCUT2D eigenvalue weighted by molar-refractivity contribution is -0.140. The molecule has 3 heterocycles. The molecule has 1 unspecified atom stereocenters. The van der Waals surface area contributed by atoms with E-state index in [2.05, 4.69) is 4.98 Å². The predicted octanol–water partition coefficient (Wildman–Crippen LogP) is 2.48. The van der Waals surface area contributed by atoms with Crippen molar-refractivity contribution in [3.8, 4) is 0 Å². The Morgan fingerprint density at radius 2 is 2.10 bits per heavy atom. The number of urea groups is 1. The number of nitrogens with zero attached hydrogens (tertiary/aromatic N) is 3. The fraction of sp³-hybridized carbons (Fsp3) is 0.583. The number of hydrogen-bond donors (Lipinski definition) is 0. The molecule has 1 aromatic rings. The number of aromatic nitrogens is 1. The number of halogens is 3. The van der Waals surface area contributed by atoms with Crippen LogP contribution in [0.3, 0.4) is 0 Å². The van der Waals surface area contributed by atoms with Crippen LogP contribution < -0.4 is 0 Å². The van der Waals surface area contributed by atoms with Gasteiger partial charge in [0.1, 0.15) is 11.0 Å². The van der Waals surface area contributed by atoms with Gasteiger partial charge in [-0.3, -0.25) is 9.69 Å². The minimum absolute atomic E-state index is 0.115. The molecule has 0 N–H and O–H groups in total. The largest absolute Gasteiger partial charge is 0.434 e. The van der Waals surface area contributed by atoms with E-state index in [4.69, 9.17) is 0 Å². The number of fused-ring (bicyclic) bond motifs is 1. The van der Waals surface area contributed by atoms with Gasteiger partial charge in [0.15, 0.2) is 5.69 Å². The van der Waals surface area contributed by atoms with Crippen molar-refractivity contribution in [1.82, 2.24) is 14.8 Å². The van der Waals surface area contributed by atoms with E-state index in [0.29, 0.717) is 13.0 Å². The molecule has 0 aromatic carbocycles. The maximum Gasteiger partial charge on any atom is 0.434 e. The number of amides is 3. The molecule has 1 atom stereocenters. The second-order valence-electron chi connectivity index (χ2n) is 5.04. The molecule has 1 aromatic heterocycles. The molecule has 114 valence electrons. The first-order chi connectivity index (χ1) is 9.88. The lowest BCUT2D eigenvalue weighted by Crippen LogP contribution is -2.38. The average molecular weight is 319 g/mol. The summed E-state index contributed by atoms with van der Waals surface area (Å²) in [5, 5.41) is 1.01. The zero-order valence-electron chi connectivity index (χ0n) is 10.9. The van der Waals surface area contributed by atoms with E-state index in [9.17, 15) is 22.8 Å². The Kier molecular flexibility index (Phi) is 3.39. The third-order valence-corrected chi connectivity index (χ3v) is 4.50. The molecule has 5 nitrogen and oxygen atoms in total. The van der Waals surface area contributed by atoms with Crippen molar-refractivity contribution < 1.29 is 22.8 Å². The Morgan fingerprint density at radius 3 is 2.71 bits per heavy atom. The van der Waals surface area contributed by atoms with Crippen molar-refractivity contribution >= 4 is 23.3 Å². The van der Waals surface area contributed by atoms with Gasteiger partial charge in [-0.2, -0.15) is 13.2 Å². The number of imide groups is 1. The molecule has 3 rings (SSSR count). The van der Waals surface area contributed by atoms with Gasteiger partial charge in [-0.1, -0.05) is 0 Å². The van der Waals surface area contributed by atoms with Gasteiger partial charge < -0.3 is 4.90 Å². The molecule has 0 bridgehead atoms. The maximum absolute atomic E-state index is 12.5. The molecule has 21 heavy (non-hydrogen) atoms. The number of carbonyl (C=O) groups is 2. The van der Waals surface area contributed by atoms with Crippen LogP contribution in [0.2, 0.25) is 0 Å². The van der Waals surface area contributed by atoms with Crippen LogP contribution in [0.5, 0.6) is 0 Å². The van der Waals surface area contributed by atoms with E-state index >= 15 is 0 Å². The van der Waals surface area contributed by atoms with Crippen LogP contribution in [0.25, 0.3) is 0 Å². The minimum atomic E-state index is -4.51. The fourth-order valence-electron chi connectivity index (χ4n) is 2.64. The van der Waals surface area contributed by atoms with E-state index in [1.807, 2.05) is 0 Å². The Morgan fingerprint density at radius 1 is 1.33 bits per heavy atom.